The third kappa shape index (κ3) is 7.39. The minimum Gasteiger partial charge on any atom is -0.390 e. The first kappa shape index (κ1) is 33.6. The third-order valence-electron chi connectivity index (χ3n) is 12.0. The topological polar surface area (TPSA) is 148 Å². The molecule has 1 saturated heterocycles. The van der Waals surface area contributed by atoms with Crippen LogP contribution in [0.3, 0.4) is 0 Å². The van der Waals surface area contributed by atoms with Gasteiger partial charge in [0.2, 0.25) is 11.8 Å². The first-order valence-corrected chi connectivity index (χ1v) is 18.1. The molecule has 2 heterocycles. The number of aliphatic imine (C=N–C) groups is 1. The van der Waals surface area contributed by atoms with Gasteiger partial charge in [0.05, 0.1) is 43.1 Å². The van der Waals surface area contributed by atoms with Crippen LogP contribution in [0.2, 0.25) is 0 Å². The second-order valence-corrected chi connectivity index (χ2v) is 15.3. The maximum atomic E-state index is 13.4. The predicted octanol–water partition coefficient (Wildman–Crippen LogP) is 2.04. The summed E-state index contributed by atoms with van der Waals surface area (Å²) >= 11 is 6.51. The zero-order valence-electron chi connectivity index (χ0n) is 27.0. The van der Waals surface area contributed by atoms with E-state index in [1.807, 2.05) is 7.11 Å². The number of carbonyl (C=O) groups is 2. The number of alkyl halides is 1. The largest absolute Gasteiger partial charge is 0.390 e. The Morgan fingerprint density at radius 2 is 1.73 bits per heavy atom. The highest BCUT2D eigenvalue weighted by Gasteiger charge is 2.50. The van der Waals surface area contributed by atoms with E-state index in [9.17, 15) is 19.8 Å². The van der Waals surface area contributed by atoms with E-state index in [0.717, 1.165) is 64.2 Å². The van der Waals surface area contributed by atoms with Crippen molar-refractivity contribution in [3.63, 3.8) is 0 Å². The molecule has 6 N–H and O–H groups in total. The van der Waals surface area contributed by atoms with Crippen LogP contribution in [0.5, 0.6) is 0 Å². The molecule has 6 aliphatic rings. The number of nitrogens with one attached hydrogen (secondary N) is 4. The summed E-state index contributed by atoms with van der Waals surface area (Å²) in [5.41, 5.74) is 8.17. The maximum absolute atomic E-state index is 13.4. The lowest BCUT2D eigenvalue weighted by Crippen LogP contribution is -2.55. The highest BCUT2D eigenvalue weighted by atomic mass is 35.5. The molecule has 0 aromatic heterocycles. The van der Waals surface area contributed by atoms with Crippen LogP contribution >= 0.6 is 11.6 Å². The molecule has 4 aliphatic carbocycles. The van der Waals surface area contributed by atoms with Gasteiger partial charge in [0.1, 0.15) is 0 Å². The van der Waals surface area contributed by atoms with Crippen molar-refractivity contribution in [1.29, 1.82) is 0 Å². The highest BCUT2D eigenvalue weighted by Crippen LogP contribution is 2.44. The summed E-state index contributed by atoms with van der Waals surface area (Å²) in [5, 5.41) is 26.7. The molecular formula is C33H55ClN6O5. The molecule has 5 fully saturated rings. The van der Waals surface area contributed by atoms with E-state index in [0.29, 0.717) is 43.8 Å². The van der Waals surface area contributed by atoms with Gasteiger partial charge in [-0.2, -0.15) is 0 Å². The average Bonchev–Trinajstić information content (AvgIpc) is 3.36. The van der Waals surface area contributed by atoms with Crippen molar-refractivity contribution in [2.75, 3.05) is 20.2 Å². The summed E-state index contributed by atoms with van der Waals surface area (Å²) in [6.45, 7) is 2.90. The number of rotatable bonds is 8. The number of aliphatic hydroxyl groups excluding tert-OH is 2. The lowest BCUT2D eigenvalue weighted by molar-refractivity contribution is -0.134. The predicted molar refractivity (Wildman–Crippen MR) is 172 cm³/mol. The quantitative estimate of drug-likeness (QED) is 0.173. The summed E-state index contributed by atoms with van der Waals surface area (Å²) in [6, 6.07) is 0.0992. The maximum Gasteiger partial charge on any atom is 0.223 e. The molecule has 0 radical (unpaired) electrons. The molecule has 45 heavy (non-hydrogen) atoms. The van der Waals surface area contributed by atoms with Gasteiger partial charge in [-0.1, -0.05) is 12.8 Å². The number of aliphatic hydroxyl groups is 2. The van der Waals surface area contributed by atoms with Gasteiger partial charge in [0.15, 0.2) is 0 Å². The van der Waals surface area contributed by atoms with Gasteiger partial charge in [-0.3, -0.25) is 19.5 Å². The lowest BCUT2D eigenvalue weighted by Gasteiger charge is -2.44. The summed E-state index contributed by atoms with van der Waals surface area (Å²) in [5.74, 6) is 0.856. The van der Waals surface area contributed by atoms with Crippen LogP contribution in [0.15, 0.2) is 4.99 Å². The Labute approximate surface area is 273 Å². The molecular weight excluding hydrogens is 596 g/mol. The number of halogens is 1. The fraction of sp³-hybridized carbons (Fsp3) is 0.909. The van der Waals surface area contributed by atoms with Gasteiger partial charge in [-0.25, -0.2) is 10.9 Å². The number of fused-ring (bicyclic) bond motifs is 4. The van der Waals surface area contributed by atoms with E-state index in [2.05, 4.69) is 33.3 Å². The molecule has 6 rings (SSSR count). The van der Waals surface area contributed by atoms with E-state index in [1.54, 1.807) is 0 Å². The van der Waals surface area contributed by atoms with Crippen molar-refractivity contribution in [2.45, 2.75) is 138 Å². The van der Waals surface area contributed by atoms with Crippen LogP contribution in [0.4, 0.5) is 0 Å². The summed E-state index contributed by atoms with van der Waals surface area (Å²) in [6.07, 6.45) is 10.0. The van der Waals surface area contributed by atoms with Crippen LogP contribution in [-0.2, 0) is 14.3 Å². The number of ether oxygens (including phenoxy) is 1. The molecule has 254 valence electrons. The molecule has 10 unspecified atom stereocenters. The van der Waals surface area contributed by atoms with Crippen molar-refractivity contribution < 1.29 is 24.5 Å². The molecule has 11 atom stereocenters. The lowest BCUT2D eigenvalue weighted by atomic mass is 9.64. The van der Waals surface area contributed by atoms with Gasteiger partial charge in [0, 0.05) is 49.2 Å². The molecule has 0 spiro atoms. The Morgan fingerprint density at radius 3 is 2.51 bits per heavy atom. The van der Waals surface area contributed by atoms with Crippen LogP contribution in [-0.4, -0.2) is 101 Å². The van der Waals surface area contributed by atoms with E-state index in [4.69, 9.17) is 21.3 Å². The van der Waals surface area contributed by atoms with Crippen LogP contribution in [0.1, 0.15) is 90.4 Å². The molecule has 4 saturated carbocycles. The molecule has 0 aromatic rings. The monoisotopic (exact) mass is 650 g/mol. The first-order valence-electron chi connectivity index (χ1n) is 17.7. The van der Waals surface area contributed by atoms with Gasteiger partial charge >= 0.3 is 0 Å². The van der Waals surface area contributed by atoms with Gasteiger partial charge in [-0.15, -0.1) is 11.6 Å². The zero-order chi connectivity index (χ0) is 31.7. The molecule has 2 amide bonds. The van der Waals surface area contributed by atoms with Crippen molar-refractivity contribution in [2.24, 2.45) is 34.6 Å². The van der Waals surface area contributed by atoms with Crippen LogP contribution in [0, 0.1) is 29.6 Å². The Morgan fingerprint density at radius 1 is 0.978 bits per heavy atom. The minimum absolute atomic E-state index is 0.00459. The number of amides is 2. The van der Waals surface area contributed by atoms with Gasteiger partial charge < -0.3 is 25.6 Å². The van der Waals surface area contributed by atoms with Gasteiger partial charge in [-0.05, 0) is 88.9 Å². The SMILES string of the molecule is COC1CCC2C(C1)C(C1CCC(Cl)CC1)=N[C@@H](CC(=O)NCCNC(=O)C1CCCC3CC(O)C(O)CC31)C1NNC(C)N21. The van der Waals surface area contributed by atoms with E-state index >= 15 is 0 Å². The summed E-state index contributed by atoms with van der Waals surface area (Å²) < 4.78 is 5.87. The fourth-order valence-electron chi connectivity index (χ4n) is 9.68. The second kappa shape index (κ2) is 14.8. The number of methoxy groups -OCH3 is 1. The number of carbonyl (C=O) groups excluding carboxylic acids is 2. The summed E-state index contributed by atoms with van der Waals surface area (Å²) in [7, 11) is 1.81. The molecule has 12 heteroatoms. The van der Waals surface area contributed by atoms with Crippen molar-refractivity contribution >= 4 is 29.1 Å². The molecule has 0 bridgehead atoms. The minimum atomic E-state index is -0.754. The highest BCUT2D eigenvalue weighted by molar-refractivity contribution is 6.20. The van der Waals surface area contributed by atoms with E-state index in [-0.39, 0.29) is 65.8 Å². The molecule has 11 nitrogen and oxygen atoms in total. The smallest absolute Gasteiger partial charge is 0.223 e. The van der Waals surface area contributed by atoms with E-state index < -0.39 is 12.2 Å². The van der Waals surface area contributed by atoms with Crippen LogP contribution < -0.4 is 21.5 Å². The van der Waals surface area contributed by atoms with Crippen molar-refractivity contribution in [3.05, 3.63) is 0 Å². The standard InChI is InChI=1S/C33H55ClN6O5/c1-18-38-39-32-26(37-31(19-6-8-21(34)9-7-19)25-15-22(45-2)10-11-27(25)40(18)32)17-30(43)35-12-13-36-33(44)23-5-3-4-20-14-28(41)29(42)16-24(20)23/h18-29,32,38-39,41-42H,3-17H2,1-2H3,(H,35,43)(H,36,44)/t18?,19?,20?,21?,22?,23?,24?,25?,26-,27?,28?,29?,32?/m0/s1. The number of hydrogen-bond donors (Lipinski definition) is 6. The molecule has 2 aliphatic heterocycles. The van der Waals surface area contributed by atoms with Crippen molar-refractivity contribution in [3.8, 4) is 0 Å². The average molecular weight is 651 g/mol. The Hall–Kier alpha value is -1.34. The number of hydrogen-bond acceptors (Lipinski definition) is 9. The Bertz CT molecular complexity index is 1070. The fourth-order valence-corrected chi connectivity index (χ4v) is 9.93. The number of hydrazine groups is 1. The normalized spacial score (nSPS) is 43.7. The second-order valence-electron chi connectivity index (χ2n) is 14.7. The number of nitrogens with zero attached hydrogens (tertiary/aromatic N) is 2. The summed E-state index contributed by atoms with van der Waals surface area (Å²) in [4.78, 5) is 34.5. The Balaban J connectivity index is 1.08. The van der Waals surface area contributed by atoms with E-state index in [1.165, 1.54) is 5.71 Å². The third-order valence-corrected chi connectivity index (χ3v) is 12.5. The van der Waals surface area contributed by atoms with Crippen molar-refractivity contribution in [1.82, 2.24) is 26.4 Å². The Kier molecular flexibility index (Phi) is 11.1. The van der Waals surface area contributed by atoms with Crippen LogP contribution in [0.25, 0.3) is 0 Å². The first-order chi connectivity index (χ1) is 21.7. The molecule has 0 aromatic carbocycles. The van der Waals surface area contributed by atoms with Gasteiger partial charge in [0.25, 0.3) is 0 Å². The zero-order valence-corrected chi connectivity index (χ0v) is 27.8.